The number of nitrogens with one attached hydrogen (secondary N) is 2. The van der Waals surface area contributed by atoms with Crippen molar-refractivity contribution in [2.75, 3.05) is 49.4 Å². The number of nitriles is 1. The van der Waals surface area contributed by atoms with Crippen molar-refractivity contribution in [2.24, 2.45) is 5.41 Å². The fourth-order valence-corrected chi connectivity index (χ4v) is 9.74. The van der Waals surface area contributed by atoms with Gasteiger partial charge in [-0.15, -0.1) is 11.3 Å². The lowest BCUT2D eigenvalue weighted by Gasteiger charge is -2.35. The summed E-state index contributed by atoms with van der Waals surface area (Å²) in [5.41, 5.74) is -3.49. The topological polar surface area (TPSA) is 179 Å². The maximum atomic E-state index is 15.4. The van der Waals surface area contributed by atoms with E-state index in [9.17, 15) is 45.5 Å². The molecule has 0 unspecified atom stereocenters. The van der Waals surface area contributed by atoms with Gasteiger partial charge in [-0.25, -0.2) is 14.4 Å². The summed E-state index contributed by atoms with van der Waals surface area (Å²) in [5, 5.41) is 14.3. The van der Waals surface area contributed by atoms with Crippen molar-refractivity contribution in [3.8, 4) is 22.4 Å². The SMILES string of the molecule is Cc1ncsc1-c1ccc(CNC(=O)[C@@H]2CCCN2C(=O)[C@@H](NC(=O)COCCCOCCCCOc2ncc(N3C(=S)N(c4ccc(C#N)c(C(F)(F)F)c4F)C(=O)C3(C)C)cc2C(F)(F)F)C(C)(C)C)cc1. The predicted octanol–water partition coefficient (Wildman–Crippen LogP) is 8.90. The monoisotopic (exact) mass is 1080 g/mol. The molecule has 2 atom stereocenters. The van der Waals surface area contributed by atoms with Gasteiger partial charge in [-0.1, -0.05) is 45.0 Å². The highest BCUT2D eigenvalue weighted by Gasteiger charge is 2.53. The quantitative estimate of drug-likeness (QED) is 0.0489. The fourth-order valence-electron chi connectivity index (χ4n) is 8.42. The number of unbranched alkanes of at least 4 members (excludes halogenated alkanes) is 1. The first-order chi connectivity index (χ1) is 34.8. The first-order valence-electron chi connectivity index (χ1n) is 23.5. The molecule has 6 rings (SSSR count). The number of nitrogens with zero attached hydrogens (tertiary/aromatic N) is 6. The van der Waals surface area contributed by atoms with Gasteiger partial charge < -0.3 is 34.6 Å². The largest absolute Gasteiger partial charge is 0.477 e. The van der Waals surface area contributed by atoms with E-state index in [-0.39, 0.29) is 63.5 Å². The molecule has 0 aliphatic carbocycles. The lowest BCUT2D eigenvalue weighted by molar-refractivity contribution is -0.144. The standard InChI is InChI=1S/C50H55F7N8O7S2/c1-29-40(74-28-61-29)31-14-12-30(13-15-31)25-59-42(67)36-11-9-18-63(36)44(68)41(47(2,3)4)62-37(66)27-71-21-10-20-70-19-7-8-22-72-43-34(49(52,53)54)23-33(26-60-43)65-46(73)64(45(69)48(65,5)6)35-17-16-32(24-58)38(39(35)51)50(55,56)57/h12-17,23,26,28,36,41H,7-11,18-22,25,27H2,1-6H3,(H,59,67)(H,62,66)/t36-,41+/m0/s1. The Labute approximate surface area is 432 Å². The third kappa shape index (κ3) is 13.1. The number of ether oxygens (including phenoxy) is 3. The van der Waals surface area contributed by atoms with Crippen LogP contribution in [0.2, 0.25) is 0 Å². The van der Waals surface area contributed by atoms with Crippen LogP contribution in [0.4, 0.5) is 42.1 Å². The van der Waals surface area contributed by atoms with Crippen LogP contribution in [0.5, 0.6) is 5.88 Å². The molecular formula is C50H55F7N8O7S2. The Morgan fingerprint density at radius 2 is 1.64 bits per heavy atom. The lowest BCUT2D eigenvalue weighted by atomic mass is 9.85. The first kappa shape index (κ1) is 57.0. The smallest absolute Gasteiger partial charge is 0.421 e. The Balaban J connectivity index is 0.914. The van der Waals surface area contributed by atoms with Crippen LogP contribution in [0.15, 0.2) is 54.2 Å². The molecule has 4 amide bonds. The van der Waals surface area contributed by atoms with E-state index >= 15 is 4.39 Å². The van der Waals surface area contributed by atoms with Gasteiger partial charge in [-0.2, -0.15) is 31.6 Å². The van der Waals surface area contributed by atoms with Crippen molar-refractivity contribution < 1.29 is 64.1 Å². The van der Waals surface area contributed by atoms with Crippen LogP contribution < -0.4 is 25.2 Å². The Morgan fingerprint density at radius 3 is 2.27 bits per heavy atom. The zero-order valence-electron chi connectivity index (χ0n) is 41.3. The maximum absolute atomic E-state index is 15.4. The van der Waals surface area contributed by atoms with E-state index in [1.54, 1.807) is 16.8 Å². The molecule has 2 saturated heterocycles. The maximum Gasteiger partial charge on any atom is 0.421 e. The minimum atomic E-state index is -5.33. The van der Waals surface area contributed by atoms with Crippen molar-refractivity contribution >= 4 is 63.7 Å². The molecule has 15 nitrogen and oxygen atoms in total. The minimum Gasteiger partial charge on any atom is -0.477 e. The van der Waals surface area contributed by atoms with Crippen LogP contribution in [0.25, 0.3) is 10.4 Å². The number of hydrogen-bond acceptors (Lipinski definition) is 12. The summed E-state index contributed by atoms with van der Waals surface area (Å²) in [6, 6.07) is 9.52. The number of benzene rings is 2. The van der Waals surface area contributed by atoms with Gasteiger partial charge >= 0.3 is 12.4 Å². The van der Waals surface area contributed by atoms with Crippen LogP contribution >= 0.6 is 23.6 Å². The van der Waals surface area contributed by atoms with Gasteiger partial charge in [-0.05, 0) is 99.8 Å². The number of amides is 4. The second-order valence-electron chi connectivity index (χ2n) is 19.1. The number of alkyl halides is 6. The third-order valence-electron chi connectivity index (χ3n) is 12.3. The van der Waals surface area contributed by atoms with E-state index in [2.05, 4.69) is 20.6 Å². The van der Waals surface area contributed by atoms with Gasteiger partial charge in [0, 0.05) is 32.9 Å². The zero-order valence-corrected chi connectivity index (χ0v) is 43.0. The molecule has 0 radical (unpaired) electrons. The number of thiazole rings is 1. The molecule has 24 heteroatoms. The van der Waals surface area contributed by atoms with E-state index < -0.39 is 86.4 Å². The normalized spacial score (nSPS) is 16.4. The van der Waals surface area contributed by atoms with E-state index in [4.69, 9.17) is 31.7 Å². The highest BCUT2D eigenvalue weighted by atomic mass is 32.1. The van der Waals surface area contributed by atoms with Gasteiger partial charge in [-0.3, -0.25) is 24.1 Å². The zero-order chi connectivity index (χ0) is 54.3. The minimum absolute atomic E-state index is 0.144. The summed E-state index contributed by atoms with van der Waals surface area (Å²) in [6.07, 6.45) is -7.28. The Kier molecular flexibility index (Phi) is 18.1. The van der Waals surface area contributed by atoms with E-state index in [0.29, 0.717) is 49.3 Å². The van der Waals surface area contributed by atoms with Gasteiger partial charge in [0.1, 0.15) is 35.4 Å². The van der Waals surface area contributed by atoms with E-state index in [0.717, 1.165) is 38.9 Å². The van der Waals surface area contributed by atoms with Crippen LogP contribution in [-0.4, -0.2) is 101 Å². The molecule has 0 spiro atoms. The number of carbonyl (C=O) groups excluding carboxylic acids is 4. The van der Waals surface area contributed by atoms with Crippen LogP contribution in [0.3, 0.4) is 0 Å². The number of carbonyl (C=O) groups is 4. The molecule has 2 aromatic carbocycles. The predicted molar refractivity (Wildman–Crippen MR) is 263 cm³/mol. The number of hydrogen-bond donors (Lipinski definition) is 2. The second kappa shape index (κ2) is 23.5. The second-order valence-corrected chi connectivity index (χ2v) is 20.3. The van der Waals surface area contributed by atoms with Gasteiger partial charge in [0.05, 0.1) is 51.9 Å². The summed E-state index contributed by atoms with van der Waals surface area (Å²) >= 11 is 6.90. The number of aryl methyl sites for hydroxylation is 1. The molecule has 74 heavy (non-hydrogen) atoms. The van der Waals surface area contributed by atoms with Crippen LogP contribution in [-0.2, 0) is 47.5 Å². The van der Waals surface area contributed by atoms with E-state index in [1.165, 1.54) is 24.8 Å². The third-order valence-corrected chi connectivity index (χ3v) is 13.6. The van der Waals surface area contributed by atoms with Crippen molar-refractivity contribution in [1.82, 2.24) is 25.5 Å². The number of anilines is 2. The summed E-state index contributed by atoms with van der Waals surface area (Å²) in [6.45, 7) is 10.6. The van der Waals surface area contributed by atoms with Crippen molar-refractivity contribution in [3.63, 3.8) is 0 Å². The first-order valence-corrected chi connectivity index (χ1v) is 24.8. The molecule has 0 bridgehead atoms. The fraction of sp³-hybridized carbons (Fsp3) is 0.480. The van der Waals surface area contributed by atoms with Crippen molar-refractivity contribution in [1.29, 1.82) is 5.26 Å². The van der Waals surface area contributed by atoms with Crippen molar-refractivity contribution in [2.45, 2.75) is 110 Å². The Hall–Kier alpha value is -6.29. The van der Waals surface area contributed by atoms with Crippen molar-refractivity contribution in [3.05, 3.63) is 87.9 Å². The molecule has 2 N–H and O–H groups in total. The number of likely N-dealkylation sites (tertiary alicyclic amines) is 1. The average molecular weight is 1080 g/mol. The average Bonchev–Trinajstić information content (AvgIpc) is 4.04. The number of pyridine rings is 1. The molecule has 4 aromatic rings. The summed E-state index contributed by atoms with van der Waals surface area (Å²) in [4.78, 5) is 65.9. The van der Waals surface area contributed by atoms with E-state index in [1.807, 2.05) is 52.0 Å². The molecule has 0 saturated carbocycles. The molecule has 2 aliphatic heterocycles. The lowest BCUT2D eigenvalue weighted by Crippen LogP contribution is -2.58. The molecule has 2 aliphatic rings. The Bertz CT molecular complexity index is 2760. The van der Waals surface area contributed by atoms with Gasteiger partial charge in [0.2, 0.25) is 23.6 Å². The Morgan fingerprint density at radius 1 is 0.959 bits per heavy atom. The number of rotatable bonds is 20. The number of aromatic nitrogens is 2. The summed E-state index contributed by atoms with van der Waals surface area (Å²) in [7, 11) is 0. The van der Waals surface area contributed by atoms with Gasteiger partial charge in [0.15, 0.2) is 10.9 Å². The highest BCUT2D eigenvalue weighted by Crippen LogP contribution is 2.44. The number of thiocarbonyl (C=S) groups is 1. The molecule has 398 valence electrons. The molecular weight excluding hydrogens is 1020 g/mol. The van der Waals surface area contributed by atoms with Crippen LogP contribution in [0.1, 0.15) is 94.7 Å². The highest BCUT2D eigenvalue weighted by molar-refractivity contribution is 7.81. The summed E-state index contributed by atoms with van der Waals surface area (Å²) < 4.78 is 116. The van der Waals surface area contributed by atoms with Crippen LogP contribution in [0, 0.1) is 29.5 Å². The molecule has 4 heterocycles. The van der Waals surface area contributed by atoms with Gasteiger partial charge in [0.25, 0.3) is 5.91 Å². The molecule has 2 aromatic heterocycles. The molecule has 2 fully saturated rings. The number of halogens is 7. The summed E-state index contributed by atoms with van der Waals surface area (Å²) in [5.74, 6) is -4.96.